The lowest BCUT2D eigenvalue weighted by atomic mass is 9.91. The molecular formula is C15H27N3O3. The van der Waals surface area contributed by atoms with Crippen molar-refractivity contribution in [2.75, 3.05) is 59.1 Å². The number of aliphatic hydroxyl groups is 1. The van der Waals surface area contributed by atoms with E-state index >= 15 is 0 Å². The third-order valence-corrected chi connectivity index (χ3v) is 5.03. The summed E-state index contributed by atoms with van der Waals surface area (Å²) in [6, 6.07) is 0.778. The van der Waals surface area contributed by atoms with Gasteiger partial charge in [0.05, 0.1) is 26.4 Å². The average Bonchev–Trinajstić information content (AvgIpc) is 2.47. The number of amides is 1. The van der Waals surface area contributed by atoms with Crippen LogP contribution in [0.15, 0.2) is 0 Å². The number of fused-ring (bicyclic) bond motifs is 1. The van der Waals surface area contributed by atoms with Crippen molar-refractivity contribution < 1.29 is 14.6 Å². The SMILES string of the molecule is O=C(CN1CCOCC1)N1CCCCN2[C@H](CO)C[C@@H]2C1. The molecule has 0 saturated carbocycles. The van der Waals surface area contributed by atoms with Gasteiger partial charge in [0.15, 0.2) is 0 Å². The first-order valence-corrected chi connectivity index (χ1v) is 8.22. The van der Waals surface area contributed by atoms with E-state index in [9.17, 15) is 9.90 Å². The van der Waals surface area contributed by atoms with Gasteiger partial charge in [0, 0.05) is 38.3 Å². The van der Waals surface area contributed by atoms with E-state index in [0.717, 1.165) is 65.2 Å². The van der Waals surface area contributed by atoms with E-state index in [1.54, 1.807) is 0 Å². The van der Waals surface area contributed by atoms with Gasteiger partial charge in [-0.1, -0.05) is 0 Å². The van der Waals surface area contributed by atoms with Crippen molar-refractivity contribution >= 4 is 5.91 Å². The van der Waals surface area contributed by atoms with Crippen molar-refractivity contribution in [1.29, 1.82) is 0 Å². The average molecular weight is 297 g/mol. The molecule has 1 N–H and O–H groups in total. The maximum absolute atomic E-state index is 12.5. The van der Waals surface area contributed by atoms with Gasteiger partial charge in [-0.05, 0) is 25.8 Å². The van der Waals surface area contributed by atoms with Gasteiger partial charge in [-0.15, -0.1) is 0 Å². The van der Waals surface area contributed by atoms with Gasteiger partial charge >= 0.3 is 0 Å². The van der Waals surface area contributed by atoms with Crippen molar-refractivity contribution in [2.24, 2.45) is 0 Å². The fourth-order valence-electron chi connectivity index (χ4n) is 3.69. The van der Waals surface area contributed by atoms with Crippen LogP contribution in [0.2, 0.25) is 0 Å². The molecule has 0 radical (unpaired) electrons. The standard InChI is InChI=1S/C15H27N3O3/c19-12-14-9-13-10-17(3-1-2-4-18(13)14)15(20)11-16-5-7-21-8-6-16/h13-14,19H,1-12H2/t13-,14+/m1/s1. The Labute approximate surface area is 126 Å². The molecule has 6 nitrogen and oxygen atoms in total. The molecule has 2 atom stereocenters. The number of aliphatic hydroxyl groups excluding tert-OH is 1. The summed E-state index contributed by atoms with van der Waals surface area (Å²) in [6.07, 6.45) is 3.21. The fourth-order valence-corrected chi connectivity index (χ4v) is 3.69. The third kappa shape index (κ3) is 3.56. The van der Waals surface area contributed by atoms with E-state index in [2.05, 4.69) is 9.80 Å². The van der Waals surface area contributed by atoms with E-state index in [1.165, 1.54) is 0 Å². The molecule has 3 aliphatic heterocycles. The van der Waals surface area contributed by atoms with Crippen LogP contribution in [0.1, 0.15) is 19.3 Å². The topological polar surface area (TPSA) is 56.2 Å². The lowest BCUT2D eigenvalue weighted by Gasteiger charge is -2.51. The van der Waals surface area contributed by atoms with E-state index in [4.69, 9.17) is 4.74 Å². The van der Waals surface area contributed by atoms with Gasteiger partial charge in [0.2, 0.25) is 5.91 Å². The van der Waals surface area contributed by atoms with Crippen molar-refractivity contribution in [2.45, 2.75) is 31.3 Å². The molecule has 0 unspecified atom stereocenters. The number of morpholine rings is 1. The monoisotopic (exact) mass is 297 g/mol. The minimum Gasteiger partial charge on any atom is -0.395 e. The van der Waals surface area contributed by atoms with Crippen molar-refractivity contribution in [3.05, 3.63) is 0 Å². The van der Waals surface area contributed by atoms with Gasteiger partial charge in [-0.3, -0.25) is 14.6 Å². The number of nitrogens with zero attached hydrogens (tertiary/aromatic N) is 3. The Balaban J connectivity index is 1.52. The fraction of sp³-hybridized carbons (Fsp3) is 0.933. The summed E-state index contributed by atoms with van der Waals surface area (Å²) in [5.74, 6) is 0.256. The van der Waals surface area contributed by atoms with Crippen molar-refractivity contribution in [3.8, 4) is 0 Å². The zero-order valence-corrected chi connectivity index (χ0v) is 12.7. The number of ether oxygens (including phenoxy) is 1. The van der Waals surface area contributed by atoms with Crippen LogP contribution < -0.4 is 0 Å². The van der Waals surface area contributed by atoms with Gasteiger partial charge in [0.25, 0.3) is 0 Å². The van der Waals surface area contributed by atoms with E-state index in [0.29, 0.717) is 18.6 Å². The molecule has 0 aliphatic carbocycles. The maximum Gasteiger partial charge on any atom is 0.236 e. The summed E-state index contributed by atoms with van der Waals surface area (Å²) in [7, 11) is 0. The molecule has 3 fully saturated rings. The summed E-state index contributed by atoms with van der Waals surface area (Å²) >= 11 is 0. The summed E-state index contributed by atoms with van der Waals surface area (Å²) in [4.78, 5) is 19.2. The molecular weight excluding hydrogens is 270 g/mol. The predicted molar refractivity (Wildman–Crippen MR) is 79.1 cm³/mol. The van der Waals surface area contributed by atoms with Gasteiger partial charge in [0.1, 0.15) is 0 Å². The normalized spacial score (nSPS) is 32.0. The molecule has 0 aromatic rings. The Bertz CT molecular complexity index is 360. The van der Waals surface area contributed by atoms with E-state index in [-0.39, 0.29) is 12.5 Å². The Morgan fingerprint density at radius 2 is 1.90 bits per heavy atom. The number of carbonyl (C=O) groups excluding carboxylic acids is 1. The zero-order chi connectivity index (χ0) is 14.7. The maximum atomic E-state index is 12.5. The highest BCUT2D eigenvalue weighted by Crippen LogP contribution is 2.28. The Kier molecular flexibility index (Phi) is 5.11. The van der Waals surface area contributed by atoms with Crippen molar-refractivity contribution in [3.63, 3.8) is 0 Å². The van der Waals surface area contributed by atoms with Gasteiger partial charge in [-0.2, -0.15) is 0 Å². The molecule has 6 heteroatoms. The number of rotatable bonds is 3. The third-order valence-electron chi connectivity index (χ3n) is 5.03. The van der Waals surface area contributed by atoms with E-state index in [1.807, 2.05) is 4.90 Å². The van der Waals surface area contributed by atoms with Crippen LogP contribution in [0.25, 0.3) is 0 Å². The highest BCUT2D eigenvalue weighted by atomic mass is 16.5. The van der Waals surface area contributed by atoms with Crippen LogP contribution in [0.4, 0.5) is 0 Å². The molecule has 0 spiro atoms. The molecule has 3 rings (SSSR count). The zero-order valence-electron chi connectivity index (χ0n) is 12.7. The van der Waals surface area contributed by atoms with Gasteiger partial charge < -0.3 is 14.7 Å². The summed E-state index contributed by atoms with van der Waals surface area (Å²) < 4.78 is 5.33. The van der Waals surface area contributed by atoms with Crippen molar-refractivity contribution in [1.82, 2.24) is 14.7 Å². The first kappa shape index (κ1) is 15.2. The lowest BCUT2D eigenvalue weighted by Crippen LogP contribution is -2.63. The largest absolute Gasteiger partial charge is 0.395 e. The lowest BCUT2D eigenvalue weighted by molar-refractivity contribution is -0.137. The molecule has 1 amide bonds. The smallest absolute Gasteiger partial charge is 0.236 e. The first-order chi connectivity index (χ1) is 10.3. The molecule has 3 aliphatic rings. The van der Waals surface area contributed by atoms with Gasteiger partial charge in [-0.25, -0.2) is 0 Å². The minimum absolute atomic E-state index is 0.248. The number of hydrogen-bond donors (Lipinski definition) is 1. The summed E-state index contributed by atoms with van der Waals surface area (Å²) in [6.45, 7) is 6.77. The number of hydrogen-bond acceptors (Lipinski definition) is 5. The minimum atomic E-state index is 0.248. The molecule has 3 saturated heterocycles. The second kappa shape index (κ2) is 7.05. The highest BCUT2D eigenvalue weighted by Gasteiger charge is 2.39. The van der Waals surface area contributed by atoms with Crippen LogP contribution >= 0.6 is 0 Å². The molecule has 21 heavy (non-hydrogen) atoms. The van der Waals surface area contributed by atoms with Crippen LogP contribution in [-0.2, 0) is 9.53 Å². The molecule has 0 aromatic carbocycles. The molecule has 0 aromatic heterocycles. The Hall–Kier alpha value is -0.690. The van der Waals surface area contributed by atoms with Crippen LogP contribution in [-0.4, -0.2) is 96.9 Å². The van der Waals surface area contributed by atoms with Crippen LogP contribution in [0.5, 0.6) is 0 Å². The van der Waals surface area contributed by atoms with E-state index < -0.39 is 0 Å². The highest BCUT2D eigenvalue weighted by molar-refractivity contribution is 5.78. The van der Waals surface area contributed by atoms with Crippen LogP contribution in [0.3, 0.4) is 0 Å². The molecule has 120 valence electrons. The quantitative estimate of drug-likeness (QED) is 0.752. The summed E-state index contributed by atoms with van der Waals surface area (Å²) in [5, 5.41) is 9.34. The molecule has 0 bridgehead atoms. The number of carbonyl (C=O) groups is 1. The molecule has 3 heterocycles. The summed E-state index contributed by atoms with van der Waals surface area (Å²) in [5.41, 5.74) is 0. The Morgan fingerprint density at radius 1 is 1.14 bits per heavy atom. The Morgan fingerprint density at radius 3 is 2.67 bits per heavy atom. The second-order valence-electron chi connectivity index (χ2n) is 6.40. The predicted octanol–water partition coefficient (Wildman–Crippen LogP) is -0.624. The first-order valence-electron chi connectivity index (χ1n) is 8.22. The second-order valence-corrected chi connectivity index (χ2v) is 6.40. The van der Waals surface area contributed by atoms with Crippen LogP contribution in [0, 0.1) is 0 Å².